The summed E-state index contributed by atoms with van der Waals surface area (Å²) in [5.74, 6) is -1.27. The topological polar surface area (TPSA) is 33.1 Å². The van der Waals surface area contributed by atoms with E-state index in [1.165, 1.54) is 12.1 Å². The first kappa shape index (κ1) is 13.6. The molecule has 0 aliphatic carbocycles. The fourth-order valence-corrected chi connectivity index (χ4v) is 2.41. The van der Waals surface area contributed by atoms with Crippen molar-refractivity contribution in [1.82, 2.24) is 4.98 Å². The number of fused-ring (bicyclic) bond motifs is 1. The fraction of sp³-hybridized carbons (Fsp3) is 0.118. The van der Waals surface area contributed by atoms with E-state index < -0.39 is 17.7 Å². The van der Waals surface area contributed by atoms with Crippen LogP contribution in [-0.4, -0.2) is 10.1 Å². The summed E-state index contributed by atoms with van der Waals surface area (Å²) in [7, 11) is 0. The molecular weight excluding hydrogens is 272 g/mol. The highest BCUT2D eigenvalue weighted by Crippen LogP contribution is 2.26. The molecule has 3 rings (SSSR count). The summed E-state index contributed by atoms with van der Waals surface area (Å²) >= 11 is 0. The molecule has 0 aliphatic heterocycles. The van der Waals surface area contributed by atoms with Crippen LogP contribution in [0.15, 0.2) is 54.7 Å². The van der Waals surface area contributed by atoms with Crippen molar-refractivity contribution in [2.75, 3.05) is 0 Å². The second-order valence-electron chi connectivity index (χ2n) is 4.87. The number of halogens is 2. The van der Waals surface area contributed by atoms with Gasteiger partial charge in [0.05, 0.1) is 11.6 Å². The molecule has 3 aromatic rings. The SMILES string of the molecule is OC(Cc1ccc(F)cc1F)c1ccnc2ccccc12. The van der Waals surface area contributed by atoms with Gasteiger partial charge in [0, 0.05) is 24.1 Å². The van der Waals surface area contributed by atoms with E-state index in [0.717, 1.165) is 17.0 Å². The lowest BCUT2D eigenvalue weighted by Crippen LogP contribution is -2.05. The number of aromatic nitrogens is 1. The zero-order chi connectivity index (χ0) is 14.8. The van der Waals surface area contributed by atoms with Crippen molar-refractivity contribution in [3.8, 4) is 0 Å². The number of aliphatic hydroxyl groups is 1. The van der Waals surface area contributed by atoms with Crippen LogP contribution in [0.2, 0.25) is 0 Å². The monoisotopic (exact) mass is 285 g/mol. The van der Waals surface area contributed by atoms with Crippen molar-refractivity contribution in [3.63, 3.8) is 0 Å². The van der Waals surface area contributed by atoms with Crippen LogP contribution in [0.4, 0.5) is 8.78 Å². The number of para-hydroxylation sites is 1. The van der Waals surface area contributed by atoms with Crippen molar-refractivity contribution in [3.05, 3.63) is 77.5 Å². The van der Waals surface area contributed by atoms with Gasteiger partial charge in [0.1, 0.15) is 11.6 Å². The largest absolute Gasteiger partial charge is 0.388 e. The van der Waals surface area contributed by atoms with Crippen molar-refractivity contribution in [2.24, 2.45) is 0 Å². The molecule has 0 radical (unpaired) electrons. The van der Waals surface area contributed by atoms with Crippen LogP contribution < -0.4 is 0 Å². The lowest BCUT2D eigenvalue weighted by Gasteiger charge is -2.14. The molecular formula is C17H13F2NO. The average Bonchev–Trinajstić information content (AvgIpc) is 2.49. The number of pyridine rings is 1. The number of nitrogens with zero attached hydrogens (tertiary/aromatic N) is 1. The van der Waals surface area contributed by atoms with E-state index in [4.69, 9.17) is 0 Å². The van der Waals surface area contributed by atoms with Gasteiger partial charge in [-0.2, -0.15) is 0 Å². The van der Waals surface area contributed by atoms with Gasteiger partial charge in [-0.15, -0.1) is 0 Å². The first-order chi connectivity index (χ1) is 10.1. The highest BCUT2D eigenvalue weighted by molar-refractivity contribution is 5.82. The molecule has 0 bridgehead atoms. The summed E-state index contributed by atoms with van der Waals surface area (Å²) in [6.45, 7) is 0. The van der Waals surface area contributed by atoms with E-state index in [0.29, 0.717) is 5.56 Å². The third-order valence-corrected chi connectivity index (χ3v) is 3.47. The van der Waals surface area contributed by atoms with Crippen LogP contribution in [0.5, 0.6) is 0 Å². The molecule has 1 heterocycles. The van der Waals surface area contributed by atoms with E-state index in [2.05, 4.69) is 4.98 Å². The first-order valence-electron chi connectivity index (χ1n) is 6.61. The summed E-state index contributed by atoms with van der Waals surface area (Å²) in [6, 6.07) is 12.5. The Labute approximate surface area is 120 Å². The Balaban J connectivity index is 1.95. The van der Waals surface area contributed by atoms with Gasteiger partial charge < -0.3 is 5.11 Å². The first-order valence-corrected chi connectivity index (χ1v) is 6.61. The van der Waals surface area contributed by atoms with E-state index in [-0.39, 0.29) is 12.0 Å². The van der Waals surface area contributed by atoms with E-state index in [1.54, 1.807) is 12.3 Å². The minimum Gasteiger partial charge on any atom is -0.388 e. The van der Waals surface area contributed by atoms with E-state index in [1.807, 2.05) is 24.3 Å². The maximum Gasteiger partial charge on any atom is 0.129 e. The van der Waals surface area contributed by atoms with Crippen LogP contribution in [0, 0.1) is 11.6 Å². The second kappa shape index (κ2) is 5.58. The van der Waals surface area contributed by atoms with Crippen LogP contribution in [0.1, 0.15) is 17.2 Å². The Morgan fingerprint density at radius 1 is 1.05 bits per heavy atom. The van der Waals surface area contributed by atoms with Crippen LogP contribution in [-0.2, 0) is 6.42 Å². The highest BCUT2D eigenvalue weighted by atomic mass is 19.1. The fourth-order valence-electron chi connectivity index (χ4n) is 2.41. The minimum atomic E-state index is -0.877. The average molecular weight is 285 g/mol. The predicted molar refractivity (Wildman–Crippen MR) is 76.8 cm³/mol. The molecule has 1 aromatic heterocycles. The summed E-state index contributed by atoms with van der Waals surface area (Å²) in [6.07, 6.45) is 0.819. The van der Waals surface area contributed by atoms with Crippen LogP contribution >= 0.6 is 0 Å². The molecule has 1 N–H and O–H groups in total. The van der Waals surface area contributed by atoms with E-state index in [9.17, 15) is 13.9 Å². The molecule has 0 fully saturated rings. The Bertz CT molecular complexity index is 783. The molecule has 0 amide bonds. The lowest BCUT2D eigenvalue weighted by atomic mass is 9.98. The zero-order valence-corrected chi connectivity index (χ0v) is 11.1. The Morgan fingerprint density at radius 3 is 2.67 bits per heavy atom. The van der Waals surface area contributed by atoms with Crippen molar-refractivity contribution < 1.29 is 13.9 Å². The molecule has 2 nitrogen and oxygen atoms in total. The van der Waals surface area contributed by atoms with Gasteiger partial charge in [0.2, 0.25) is 0 Å². The Kier molecular flexibility index (Phi) is 3.62. The molecule has 2 aromatic carbocycles. The maximum atomic E-state index is 13.7. The number of hydrogen-bond donors (Lipinski definition) is 1. The molecule has 0 aliphatic rings. The quantitative estimate of drug-likeness (QED) is 0.794. The minimum absolute atomic E-state index is 0.0835. The number of rotatable bonds is 3. The summed E-state index contributed by atoms with van der Waals surface area (Å²) in [5, 5.41) is 11.2. The molecule has 21 heavy (non-hydrogen) atoms. The van der Waals surface area contributed by atoms with Crippen LogP contribution in [0.25, 0.3) is 10.9 Å². The third kappa shape index (κ3) is 2.76. The smallest absolute Gasteiger partial charge is 0.129 e. The van der Waals surface area contributed by atoms with Crippen molar-refractivity contribution in [1.29, 1.82) is 0 Å². The molecule has 1 atom stereocenters. The maximum absolute atomic E-state index is 13.7. The van der Waals surface area contributed by atoms with Gasteiger partial charge in [-0.05, 0) is 29.3 Å². The molecule has 0 spiro atoms. The van der Waals surface area contributed by atoms with E-state index >= 15 is 0 Å². The Morgan fingerprint density at radius 2 is 1.86 bits per heavy atom. The predicted octanol–water partition coefficient (Wildman–Crippen LogP) is 3.79. The number of benzene rings is 2. The molecule has 4 heteroatoms. The van der Waals surface area contributed by atoms with Gasteiger partial charge >= 0.3 is 0 Å². The van der Waals surface area contributed by atoms with Crippen molar-refractivity contribution in [2.45, 2.75) is 12.5 Å². The van der Waals surface area contributed by atoms with Gasteiger partial charge in [0.25, 0.3) is 0 Å². The summed E-state index contributed by atoms with van der Waals surface area (Å²) in [5.41, 5.74) is 1.74. The summed E-state index contributed by atoms with van der Waals surface area (Å²) in [4.78, 5) is 4.23. The number of hydrogen-bond acceptors (Lipinski definition) is 2. The highest BCUT2D eigenvalue weighted by Gasteiger charge is 2.15. The molecule has 0 saturated heterocycles. The van der Waals surface area contributed by atoms with Gasteiger partial charge in [0.15, 0.2) is 0 Å². The van der Waals surface area contributed by atoms with Crippen molar-refractivity contribution >= 4 is 10.9 Å². The molecule has 1 unspecified atom stereocenters. The molecule has 106 valence electrons. The van der Waals surface area contributed by atoms with Gasteiger partial charge in [-0.25, -0.2) is 8.78 Å². The Hall–Kier alpha value is -2.33. The summed E-state index contributed by atoms with van der Waals surface area (Å²) < 4.78 is 26.6. The third-order valence-electron chi connectivity index (χ3n) is 3.47. The van der Waals surface area contributed by atoms with Gasteiger partial charge in [-0.1, -0.05) is 24.3 Å². The normalized spacial score (nSPS) is 12.5. The standard InChI is InChI=1S/C17H13F2NO/c18-12-6-5-11(15(19)10-12)9-17(21)14-7-8-20-16-4-2-1-3-13(14)16/h1-8,10,17,21H,9H2. The van der Waals surface area contributed by atoms with Crippen LogP contribution in [0.3, 0.4) is 0 Å². The lowest BCUT2D eigenvalue weighted by molar-refractivity contribution is 0.178. The second-order valence-corrected chi connectivity index (χ2v) is 4.87. The molecule has 0 saturated carbocycles. The zero-order valence-electron chi connectivity index (χ0n) is 11.1. The number of aliphatic hydroxyl groups excluding tert-OH is 1. The van der Waals surface area contributed by atoms with Gasteiger partial charge in [-0.3, -0.25) is 4.98 Å².